The van der Waals surface area contributed by atoms with Gasteiger partial charge in [0.1, 0.15) is 6.61 Å². The Morgan fingerprint density at radius 2 is 2.40 bits per heavy atom. The van der Waals surface area contributed by atoms with Crippen molar-refractivity contribution in [2.75, 3.05) is 12.3 Å². The van der Waals surface area contributed by atoms with Crippen molar-refractivity contribution in [2.24, 2.45) is 0 Å². The van der Waals surface area contributed by atoms with E-state index in [2.05, 4.69) is 0 Å². The molecule has 0 aliphatic heterocycles. The second-order valence-electron chi connectivity index (χ2n) is 1.88. The van der Waals surface area contributed by atoms with Crippen molar-refractivity contribution in [3.8, 4) is 5.75 Å². The SMILES string of the molecule is CCOn1cc(N)c(O)c1. The summed E-state index contributed by atoms with van der Waals surface area (Å²) in [5.74, 6) is 0.0495. The van der Waals surface area contributed by atoms with Crippen LogP contribution in [0.5, 0.6) is 5.75 Å². The Bertz CT molecular complexity index is 200. The molecule has 1 aromatic heterocycles. The maximum Gasteiger partial charge on any atom is 0.159 e. The molecule has 1 heterocycles. The number of nitrogens with two attached hydrogens (primary N) is 1. The number of anilines is 1. The minimum atomic E-state index is 0.0495. The first kappa shape index (κ1) is 6.80. The molecular formula is C6H10N2O2. The van der Waals surface area contributed by atoms with Crippen molar-refractivity contribution in [2.45, 2.75) is 6.92 Å². The van der Waals surface area contributed by atoms with E-state index in [0.29, 0.717) is 12.3 Å². The third-order valence-corrected chi connectivity index (χ3v) is 1.09. The standard InChI is InChI=1S/C6H10N2O2/c1-2-10-8-3-5(7)6(9)4-8/h3-4,9H,2,7H2,1H3. The number of nitrogens with zero attached hydrogens (tertiary/aromatic N) is 1. The summed E-state index contributed by atoms with van der Waals surface area (Å²) in [5.41, 5.74) is 5.65. The first-order valence-electron chi connectivity index (χ1n) is 3.03. The lowest BCUT2D eigenvalue weighted by atomic mass is 10.5. The van der Waals surface area contributed by atoms with Crippen molar-refractivity contribution in [3.05, 3.63) is 12.4 Å². The number of rotatable bonds is 2. The summed E-state index contributed by atoms with van der Waals surface area (Å²) in [6.07, 6.45) is 2.93. The molecule has 0 atom stereocenters. The third kappa shape index (κ3) is 1.15. The van der Waals surface area contributed by atoms with Crippen molar-refractivity contribution < 1.29 is 9.94 Å². The molecule has 1 aromatic rings. The Kier molecular flexibility index (Phi) is 1.71. The molecule has 0 unspecified atom stereocenters. The maximum atomic E-state index is 8.94. The van der Waals surface area contributed by atoms with E-state index < -0.39 is 0 Å². The van der Waals surface area contributed by atoms with E-state index in [9.17, 15) is 0 Å². The fraction of sp³-hybridized carbons (Fsp3) is 0.333. The van der Waals surface area contributed by atoms with E-state index in [1.54, 1.807) is 0 Å². The molecule has 0 bridgehead atoms. The Morgan fingerprint density at radius 1 is 1.70 bits per heavy atom. The molecule has 4 nitrogen and oxygen atoms in total. The average Bonchev–Trinajstić information content (AvgIpc) is 2.14. The van der Waals surface area contributed by atoms with Gasteiger partial charge in [-0.2, -0.15) is 4.73 Å². The van der Waals surface area contributed by atoms with Crippen LogP contribution < -0.4 is 10.6 Å². The van der Waals surface area contributed by atoms with Gasteiger partial charge in [0.15, 0.2) is 5.75 Å². The molecule has 0 fully saturated rings. The minimum absolute atomic E-state index is 0.0495. The van der Waals surface area contributed by atoms with Crippen LogP contribution in [0.2, 0.25) is 0 Å². The normalized spacial score (nSPS) is 9.70. The summed E-state index contributed by atoms with van der Waals surface area (Å²) in [6, 6.07) is 0. The summed E-state index contributed by atoms with van der Waals surface area (Å²) in [7, 11) is 0. The zero-order chi connectivity index (χ0) is 7.56. The molecule has 1 rings (SSSR count). The van der Waals surface area contributed by atoms with E-state index in [4.69, 9.17) is 15.7 Å². The van der Waals surface area contributed by atoms with Gasteiger partial charge in [-0.1, -0.05) is 0 Å². The molecule has 0 saturated carbocycles. The van der Waals surface area contributed by atoms with Gasteiger partial charge in [-0.05, 0) is 6.92 Å². The van der Waals surface area contributed by atoms with E-state index in [1.807, 2.05) is 6.92 Å². The highest BCUT2D eigenvalue weighted by molar-refractivity contribution is 5.49. The number of nitrogen functional groups attached to an aromatic ring is 1. The Labute approximate surface area is 58.8 Å². The molecule has 4 heteroatoms. The van der Waals surface area contributed by atoms with E-state index >= 15 is 0 Å². The van der Waals surface area contributed by atoms with Crippen molar-refractivity contribution in [1.82, 2.24) is 4.73 Å². The molecule has 0 saturated heterocycles. The van der Waals surface area contributed by atoms with Gasteiger partial charge in [-0.3, -0.25) is 0 Å². The third-order valence-electron chi connectivity index (χ3n) is 1.09. The zero-order valence-corrected chi connectivity index (χ0v) is 5.74. The van der Waals surface area contributed by atoms with Crippen LogP contribution in [0.3, 0.4) is 0 Å². The second kappa shape index (κ2) is 2.51. The van der Waals surface area contributed by atoms with Gasteiger partial charge in [-0.25, -0.2) is 0 Å². The van der Waals surface area contributed by atoms with Crippen LogP contribution in [0.1, 0.15) is 6.92 Å². The predicted molar refractivity (Wildman–Crippen MR) is 37.6 cm³/mol. The summed E-state index contributed by atoms with van der Waals surface area (Å²) >= 11 is 0. The molecular weight excluding hydrogens is 132 g/mol. The molecule has 0 radical (unpaired) electrons. The molecule has 3 N–H and O–H groups in total. The van der Waals surface area contributed by atoms with Gasteiger partial charge in [-0.15, -0.1) is 0 Å². The van der Waals surface area contributed by atoms with E-state index in [-0.39, 0.29) is 5.75 Å². The highest BCUT2D eigenvalue weighted by atomic mass is 16.7. The number of hydrogen-bond acceptors (Lipinski definition) is 3. The summed E-state index contributed by atoms with van der Waals surface area (Å²) in [4.78, 5) is 4.98. The number of aromatic hydroxyl groups is 1. The maximum absolute atomic E-state index is 8.94. The number of aromatic nitrogens is 1. The van der Waals surface area contributed by atoms with Crippen LogP contribution >= 0.6 is 0 Å². The lowest BCUT2D eigenvalue weighted by Gasteiger charge is -1.99. The quantitative estimate of drug-likeness (QED) is 0.621. The van der Waals surface area contributed by atoms with Gasteiger partial charge in [0.25, 0.3) is 0 Å². The van der Waals surface area contributed by atoms with E-state index in [1.165, 1.54) is 17.1 Å². The molecule has 0 spiro atoms. The average molecular weight is 142 g/mol. The van der Waals surface area contributed by atoms with E-state index in [0.717, 1.165) is 0 Å². The second-order valence-corrected chi connectivity index (χ2v) is 1.88. The minimum Gasteiger partial charge on any atom is -0.504 e. The first-order chi connectivity index (χ1) is 4.74. The summed E-state index contributed by atoms with van der Waals surface area (Å²) < 4.78 is 1.38. The topological polar surface area (TPSA) is 60.4 Å². The fourth-order valence-corrected chi connectivity index (χ4v) is 0.659. The monoisotopic (exact) mass is 142 g/mol. The molecule has 10 heavy (non-hydrogen) atoms. The zero-order valence-electron chi connectivity index (χ0n) is 5.74. The Hall–Kier alpha value is -1.32. The highest BCUT2D eigenvalue weighted by Crippen LogP contribution is 2.18. The van der Waals surface area contributed by atoms with Crippen molar-refractivity contribution >= 4 is 5.69 Å². The smallest absolute Gasteiger partial charge is 0.159 e. The summed E-state index contributed by atoms with van der Waals surface area (Å²) in [6.45, 7) is 2.40. The molecule has 0 amide bonds. The van der Waals surface area contributed by atoms with Crippen LogP contribution in [0.15, 0.2) is 12.4 Å². The van der Waals surface area contributed by atoms with Crippen LogP contribution in [0, 0.1) is 0 Å². The van der Waals surface area contributed by atoms with Gasteiger partial charge < -0.3 is 15.7 Å². The molecule has 0 aliphatic carbocycles. The number of hydrogen-bond donors (Lipinski definition) is 2. The largest absolute Gasteiger partial charge is 0.504 e. The molecule has 0 aliphatic rings. The van der Waals surface area contributed by atoms with Gasteiger partial charge in [0.05, 0.1) is 18.1 Å². The first-order valence-corrected chi connectivity index (χ1v) is 3.03. The van der Waals surface area contributed by atoms with Crippen molar-refractivity contribution in [3.63, 3.8) is 0 Å². The molecule has 0 aromatic carbocycles. The summed E-state index contributed by atoms with van der Waals surface area (Å²) in [5, 5.41) is 8.94. The van der Waals surface area contributed by atoms with Crippen molar-refractivity contribution in [1.29, 1.82) is 0 Å². The predicted octanol–water partition coefficient (Wildman–Crippen LogP) is 0.224. The van der Waals surface area contributed by atoms with Gasteiger partial charge in [0.2, 0.25) is 0 Å². The van der Waals surface area contributed by atoms with Gasteiger partial charge in [0, 0.05) is 0 Å². The molecule has 56 valence electrons. The lowest BCUT2D eigenvalue weighted by Crippen LogP contribution is -2.07. The van der Waals surface area contributed by atoms with Crippen LogP contribution in [0.4, 0.5) is 5.69 Å². The van der Waals surface area contributed by atoms with Crippen LogP contribution in [-0.2, 0) is 0 Å². The Morgan fingerprint density at radius 3 is 2.80 bits per heavy atom. The lowest BCUT2D eigenvalue weighted by molar-refractivity contribution is 0.122. The Balaban J connectivity index is 2.77. The van der Waals surface area contributed by atoms with Crippen LogP contribution in [-0.4, -0.2) is 16.4 Å². The van der Waals surface area contributed by atoms with Crippen LogP contribution in [0.25, 0.3) is 0 Å². The highest BCUT2D eigenvalue weighted by Gasteiger charge is 1.99. The fourth-order valence-electron chi connectivity index (χ4n) is 0.659. The van der Waals surface area contributed by atoms with Gasteiger partial charge >= 0.3 is 0 Å².